The number of amides is 3. The Bertz CT molecular complexity index is 665. The van der Waals surface area contributed by atoms with E-state index in [1.54, 1.807) is 24.3 Å². The zero-order chi connectivity index (χ0) is 20.2. The van der Waals surface area contributed by atoms with Crippen LogP contribution in [0.25, 0.3) is 0 Å². The van der Waals surface area contributed by atoms with Crippen molar-refractivity contribution in [2.75, 3.05) is 25.1 Å². The van der Waals surface area contributed by atoms with E-state index in [9.17, 15) is 19.2 Å². The van der Waals surface area contributed by atoms with Gasteiger partial charge in [0.15, 0.2) is 6.04 Å². The van der Waals surface area contributed by atoms with Gasteiger partial charge in [-0.2, -0.15) is 0 Å². The molecule has 1 rings (SSSR count). The number of anilines is 1. The van der Waals surface area contributed by atoms with Gasteiger partial charge in [0.25, 0.3) is 5.91 Å². The second-order valence-electron chi connectivity index (χ2n) is 5.46. The molecule has 0 saturated heterocycles. The molecule has 12 nitrogen and oxygen atoms in total. The molecule has 3 amide bonds. The number of quaternary nitrogens is 1. The Morgan fingerprint density at radius 2 is 1.52 bits per heavy atom. The molecule has 0 aliphatic carbocycles. The summed E-state index contributed by atoms with van der Waals surface area (Å²) < 4.78 is 0. The molecule has 0 aliphatic heterocycles. The molecule has 0 bridgehead atoms. The predicted octanol–water partition coefficient (Wildman–Crippen LogP) is -2.91. The Hall–Kier alpha value is -3.22. The van der Waals surface area contributed by atoms with Gasteiger partial charge in [0.05, 0.1) is 18.8 Å². The maximum Gasteiger partial charge on any atom is 0.322 e. The van der Waals surface area contributed by atoms with Gasteiger partial charge in [-0.05, 0) is 17.7 Å². The van der Waals surface area contributed by atoms with Gasteiger partial charge >= 0.3 is 5.97 Å². The topological polar surface area (TPSA) is 194 Å². The van der Waals surface area contributed by atoms with Crippen LogP contribution in [-0.2, 0) is 30.6 Å². The molecule has 12 heteroatoms. The average molecular weight is 384 g/mol. The van der Waals surface area contributed by atoms with Crippen molar-refractivity contribution in [1.82, 2.24) is 16.0 Å². The van der Waals surface area contributed by atoms with Gasteiger partial charge in [0.2, 0.25) is 11.8 Å². The Morgan fingerprint density at radius 1 is 0.963 bits per heavy atom. The van der Waals surface area contributed by atoms with Gasteiger partial charge in [-0.1, -0.05) is 12.1 Å². The van der Waals surface area contributed by atoms with E-state index in [4.69, 9.17) is 10.4 Å². The summed E-state index contributed by atoms with van der Waals surface area (Å²) in [5, 5.41) is 23.4. The molecule has 0 fully saturated rings. The fourth-order valence-electron chi connectivity index (χ4n) is 1.93. The van der Waals surface area contributed by atoms with Crippen LogP contribution < -0.4 is 27.2 Å². The Labute approximate surface area is 153 Å². The van der Waals surface area contributed by atoms with Crippen molar-refractivity contribution in [3.63, 3.8) is 0 Å². The summed E-state index contributed by atoms with van der Waals surface area (Å²) in [5.74, 6) is -2.89. The lowest BCUT2D eigenvalue weighted by Gasteiger charge is -2.10. The highest BCUT2D eigenvalue weighted by molar-refractivity contribution is 5.89. The third kappa shape index (κ3) is 9.15. The highest BCUT2D eigenvalue weighted by Gasteiger charge is 2.18. The number of carboxylic acids is 1. The number of rotatable bonds is 11. The Kier molecular flexibility index (Phi) is 9.22. The van der Waals surface area contributed by atoms with Crippen molar-refractivity contribution in [3.05, 3.63) is 29.8 Å². The zero-order valence-electron chi connectivity index (χ0n) is 14.4. The fourth-order valence-corrected chi connectivity index (χ4v) is 1.93. The summed E-state index contributed by atoms with van der Waals surface area (Å²) in [6.45, 7) is -1.28. The number of carboxylic acid groups (broad SMARTS) is 1. The molecule has 148 valence electrons. The summed E-state index contributed by atoms with van der Waals surface area (Å²) in [7, 11) is 0. The van der Waals surface area contributed by atoms with E-state index in [0.717, 1.165) is 5.56 Å². The number of benzene rings is 1. The van der Waals surface area contributed by atoms with Crippen molar-refractivity contribution in [3.8, 4) is 0 Å². The monoisotopic (exact) mass is 384 g/mol. The van der Waals surface area contributed by atoms with Gasteiger partial charge in [-0.15, -0.1) is 4.99 Å². The number of hydrogen-bond donors (Lipinski definition) is 7. The van der Waals surface area contributed by atoms with E-state index in [1.165, 1.54) is 0 Å². The molecule has 27 heavy (non-hydrogen) atoms. The molecule has 1 aromatic rings. The Balaban J connectivity index is 2.30. The molecule has 0 saturated carbocycles. The summed E-state index contributed by atoms with van der Waals surface area (Å²) in [4.78, 5) is 48.9. The lowest BCUT2D eigenvalue weighted by molar-refractivity contribution is -0.403. The molecule has 0 aliphatic rings. The molecular weight excluding hydrogens is 362 g/mol. The Morgan fingerprint density at radius 3 is 2.07 bits per heavy atom. The summed E-state index contributed by atoms with van der Waals surface area (Å²) in [5.41, 5.74) is 7.31. The van der Waals surface area contributed by atoms with Crippen molar-refractivity contribution in [2.24, 2.45) is 0 Å². The van der Waals surface area contributed by atoms with Crippen LogP contribution >= 0.6 is 0 Å². The quantitative estimate of drug-likeness (QED) is 0.156. The maximum atomic E-state index is 12.0. The number of carbonyl (C=O) groups is 4. The standard InChI is InChI=1S/C15H21N5O7/c16-11(5-9-1-3-10(4-2-9)20-27-26)15(25)19-7-13(22)17-6-12(21)18-8-14(23)24/h1-4,11,20,26H,5-8,16H2,(H,17,22)(H,18,21)(H,19,25)(H,23,24)/p+1. The van der Waals surface area contributed by atoms with E-state index < -0.39 is 42.8 Å². The number of carbonyl (C=O) groups excluding carboxylic acids is 3. The second kappa shape index (κ2) is 11.4. The van der Waals surface area contributed by atoms with E-state index >= 15 is 0 Å². The predicted molar refractivity (Wildman–Crippen MR) is 90.8 cm³/mol. The molecule has 0 spiro atoms. The number of nitrogens with one attached hydrogen (secondary N) is 4. The lowest BCUT2D eigenvalue weighted by atomic mass is 10.1. The first kappa shape index (κ1) is 21.8. The van der Waals surface area contributed by atoms with E-state index in [1.807, 2.05) is 0 Å². The van der Waals surface area contributed by atoms with E-state index in [2.05, 4.69) is 32.2 Å². The molecule has 0 heterocycles. The molecular formula is C15H22N5O7+. The third-order valence-electron chi connectivity index (χ3n) is 3.28. The summed E-state index contributed by atoms with van der Waals surface area (Å²) in [6.07, 6.45) is 0.325. The summed E-state index contributed by atoms with van der Waals surface area (Å²) >= 11 is 0. The highest BCUT2D eigenvalue weighted by atomic mass is 17.2. The first-order valence-electron chi connectivity index (χ1n) is 7.83. The number of hydrogen-bond acceptors (Lipinski definition) is 7. The number of aliphatic carboxylic acids is 1. The molecule has 0 radical (unpaired) electrons. The van der Waals surface area contributed by atoms with E-state index in [-0.39, 0.29) is 6.54 Å². The van der Waals surface area contributed by atoms with Crippen molar-refractivity contribution in [2.45, 2.75) is 12.5 Å². The molecule has 1 unspecified atom stereocenters. The zero-order valence-corrected chi connectivity index (χ0v) is 14.4. The van der Waals surface area contributed by atoms with Gasteiger partial charge in [-0.3, -0.25) is 19.2 Å². The van der Waals surface area contributed by atoms with Crippen molar-refractivity contribution >= 4 is 29.4 Å². The smallest absolute Gasteiger partial charge is 0.322 e. The van der Waals surface area contributed by atoms with Gasteiger partial charge in [-0.25, -0.2) is 10.7 Å². The van der Waals surface area contributed by atoms with Crippen LogP contribution in [0.1, 0.15) is 5.56 Å². The summed E-state index contributed by atoms with van der Waals surface area (Å²) in [6, 6.07) is 6.06. The van der Waals surface area contributed by atoms with Crippen LogP contribution in [0.4, 0.5) is 5.69 Å². The molecule has 1 aromatic carbocycles. The minimum atomic E-state index is -1.20. The van der Waals surface area contributed by atoms with Crippen LogP contribution in [0.15, 0.2) is 24.3 Å². The van der Waals surface area contributed by atoms with Crippen LogP contribution in [0.2, 0.25) is 0 Å². The lowest BCUT2D eigenvalue weighted by Crippen LogP contribution is -2.68. The first-order valence-corrected chi connectivity index (χ1v) is 7.83. The minimum absolute atomic E-state index is 0.325. The second-order valence-corrected chi connectivity index (χ2v) is 5.46. The van der Waals surface area contributed by atoms with Crippen LogP contribution in [0, 0.1) is 0 Å². The van der Waals surface area contributed by atoms with Gasteiger partial charge < -0.3 is 26.8 Å². The van der Waals surface area contributed by atoms with Crippen LogP contribution in [0.5, 0.6) is 0 Å². The minimum Gasteiger partial charge on any atom is -0.480 e. The van der Waals surface area contributed by atoms with Gasteiger partial charge in [0.1, 0.15) is 6.54 Å². The normalized spacial score (nSPS) is 11.2. The fraction of sp³-hybridized carbons (Fsp3) is 0.333. The van der Waals surface area contributed by atoms with Crippen molar-refractivity contribution < 1.29 is 40.3 Å². The molecule has 0 aromatic heterocycles. The van der Waals surface area contributed by atoms with Gasteiger partial charge in [0, 0.05) is 6.42 Å². The first-order chi connectivity index (χ1) is 12.8. The van der Waals surface area contributed by atoms with Crippen LogP contribution in [0.3, 0.4) is 0 Å². The highest BCUT2D eigenvalue weighted by Crippen LogP contribution is 2.10. The average Bonchev–Trinajstić information content (AvgIpc) is 2.64. The molecule has 1 atom stereocenters. The third-order valence-corrected chi connectivity index (χ3v) is 3.28. The van der Waals surface area contributed by atoms with Crippen LogP contribution in [-0.4, -0.2) is 59.7 Å². The van der Waals surface area contributed by atoms with Crippen molar-refractivity contribution in [1.29, 1.82) is 0 Å². The SMILES string of the molecule is [NH3+]C(Cc1ccc(NOO)cc1)C(=O)NCC(=O)NCC(=O)NCC(=O)O. The van der Waals surface area contributed by atoms with E-state index in [0.29, 0.717) is 12.1 Å². The largest absolute Gasteiger partial charge is 0.480 e. The molecule has 9 N–H and O–H groups in total. The maximum absolute atomic E-state index is 12.0.